The molecule has 0 saturated carbocycles. The van der Waals surface area contributed by atoms with Gasteiger partial charge in [-0.2, -0.15) is 5.10 Å². The lowest BCUT2D eigenvalue weighted by Crippen LogP contribution is -2.37. The highest BCUT2D eigenvalue weighted by molar-refractivity contribution is 5.78. The first-order chi connectivity index (χ1) is 12.9. The van der Waals surface area contributed by atoms with E-state index in [9.17, 15) is 9.59 Å². The third-order valence-electron chi connectivity index (χ3n) is 4.69. The maximum absolute atomic E-state index is 12.7. The fourth-order valence-corrected chi connectivity index (χ4v) is 2.83. The zero-order valence-corrected chi connectivity index (χ0v) is 16.1. The summed E-state index contributed by atoms with van der Waals surface area (Å²) in [7, 11) is 0. The van der Waals surface area contributed by atoms with E-state index in [4.69, 9.17) is 0 Å². The summed E-state index contributed by atoms with van der Waals surface area (Å²) in [6.07, 6.45) is 3.74. The van der Waals surface area contributed by atoms with Gasteiger partial charge < -0.3 is 5.32 Å². The SMILES string of the molecule is CC[C@@H](C)NC(=O)Cn1cnc2c(cnn2-c2ccc(C(C)C)cc2)c1=O. The Morgan fingerprint density at radius 1 is 1.19 bits per heavy atom. The number of hydrogen-bond acceptors (Lipinski definition) is 4. The average Bonchev–Trinajstić information content (AvgIpc) is 3.08. The molecule has 0 fully saturated rings. The van der Waals surface area contributed by atoms with Gasteiger partial charge in [-0.15, -0.1) is 0 Å². The Hall–Kier alpha value is -2.96. The normalized spacial score (nSPS) is 12.5. The molecule has 0 bridgehead atoms. The van der Waals surface area contributed by atoms with Gasteiger partial charge >= 0.3 is 0 Å². The number of nitrogens with one attached hydrogen (secondary N) is 1. The van der Waals surface area contributed by atoms with Crippen molar-refractivity contribution in [2.45, 2.75) is 52.6 Å². The van der Waals surface area contributed by atoms with Gasteiger partial charge in [0.05, 0.1) is 11.9 Å². The lowest BCUT2D eigenvalue weighted by atomic mass is 10.0. The minimum atomic E-state index is -0.274. The minimum absolute atomic E-state index is 0.0552. The van der Waals surface area contributed by atoms with E-state index in [0.29, 0.717) is 17.0 Å². The van der Waals surface area contributed by atoms with E-state index in [-0.39, 0.29) is 24.1 Å². The van der Waals surface area contributed by atoms with Gasteiger partial charge in [-0.1, -0.05) is 32.9 Å². The highest BCUT2D eigenvalue weighted by Gasteiger charge is 2.14. The van der Waals surface area contributed by atoms with Crippen molar-refractivity contribution in [3.8, 4) is 5.69 Å². The molecule has 0 aliphatic heterocycles. The van der Waals surface area contributed by atoms with E-state index < -0.39 is 0 Å². The van der Waals surface area contributed by atoms with Crippen molar-refractivity contribution in [3.05, 3.63) is 52.7 Å². The molecule has 0 aliphatic carbocycles. The zero-order chi connectivity index (χ0) is 19.6. The van der Waals surface area contributed by atoms with Crippen molar-refractivity contribution >= 4 is 16.9 Å². The van der Waals surface area contributed by atoms with Gasteiger partial charge in [0.1, 0.15) is 18.3 Å². The molecular formula is C20H25N5O2. The van der Waals surface area contributed by atoms with Crippen LogP contribution >= 0.6 is 0 Å². The van der Waals surface area contributed by atoms with Gasteiger partial charge in [-0.3, -0.25) is 14.2 Å². The molecule has 1 aromatic carbocycles. The molecule has 0 radical (unpaired) electrons. The first-order valence-corrected chi connectivity index (χ1v) is 9.23. The number of amides is 1. The van der Waals surface area contributed by atoms with Crippen LogP contribution < -0.4 is 10.9 Å². The number of carbonyl (C=O) groups is 1. The molecule has 0 spiro atoms. The summed E-state index contributed by atoms with van der Waals surface area (Å²) in [5, 5.41) is 7.57. The highest BCUT2D eigenvalue weighted by atomic mass is 16.2. The molecule has 2 heterocycles. The number of carbonyl (C=O) groups excluding carboxylic acids is 1. The van der Waals surface area contributed by atoms with Crippen LogP contribution in [0.5, 0.6) is 0 Å². The molecule has 1 atom stereocenters. The van der Waals surface area contributed by atoms with Crippen LogP contribution in [-0.2, 0) is 11.3 Å². The van der Waals surface area contributed by atoms with Crippen molar-refractivity contribution in [2.75, 3.05) is 0 Å². The summed E-state index contributed by atoms with van der Waals surface area (Å²) in [5.74, 6) is 0.240. The van der Waals surface area contributed by atoms with Crippen LogP contribution in [0.3, 0.4) is 0 Å². The summed E-state index contributed by atoms with van der Waals surface area (Å²) in [5.41, 5.74) is 2.28. The number of benzene rings is 1. The fourth-order valence-electron chi connectivity index (χ4n) is 2.83. The monoisotopic (exact) mass is 367 g/mol. The third-order valence-corrected chi connectivity index (χ3v) is 4.69. The standard InChI is InChI=1S/C20H25N5O2/c1-5-14(4)23-18(26)11-24-12-21-19-17(20(24)27)10-22-25(19)16-8-6-15(7-9-16)13(2)3/h6-10,12-14H,5,11H2,1-4H3,(H,23,26)/t14-/m1/s1. The first-order valence-electron chi connectivity index (χ1n) is 9.23. The average molecular weight is 367 g/mol. The Balaban J connectivity index is 1.90. The Morgan fingerprint density at radius 2 is 1.89 bits per heavy atom. The number of rotatable bonds is 6. The molecule has 142 valence electrons. The predicted molar refractivity (Wildman–Crippen MR) is 105 cm³/mol. The molecule has 7 heteroatoms. The molecular weight excluding hydrogens is 342 g/mol. The Morgan fingerprint density at radius 3 is 2.52 bits per heavy atom. The van der Waals surface area contributed by atoms with E-state index >= 15 is 0 Å². The van der Waals surface area contributed by atoms with Crippen molar-refractivity contribution in [1.82, 2.24) is 24.6 Å². The van der Waals surface area contributed by atoms with Gasteiger partial charge in [0.15, 0.2) is 5.65 Å². The van der Waals surface area contributed by atoms with Crippen molar-refractivity contribution in [2.24, 2.45) is 0 Å². The predicted octanol–water partition coefficient (Wildman–Crippen LogP) is 2.62. The second-order valence-electron chi connectivity index (χ2n) is 7.09. The van der Waals surface area contributed by atoms with Crippen molar-refractivity contribution < 1.29 is 4.79 Å². The summed E-state index contributed by atoms with van der Waals surface area (Å²) in [6, 6.07) is 8.10. The quantitative estimate of drug-likeness (QED) is 0.726. The van der Waals surface area contributed by atoms with Crippen LogP contribution in [0.1, 0.15) is 45.6 Å². The van der Waals surface area contributed by atoms with Crippen LogP contribution in [0.25, 0.3) is 16.7 Å². The third kappa shape index (κ3) is 3.92. The van der Waals surface area contributed by atoms with E-state index in [1.807, 2.05) is 38.1 Å². The van der Waals surface area contributed by atoms with Gasteiger partial charge in [0.25, 0.3) is 5.56 Å². The first kappa shape index (κ1) is 18.8. The van der Waals surface area contributed by atoms with E-state index in [1.54, 1.807) is 4.68 Å². The second kappa shape index (κ2) is 7.73. The summed E-state index contributed by atoms with van der Waals surface area (Å²) < 4.78 is 2.96. The van der Waals surface area contributed by atoms with Crippen LogP contribution in [0.4, 0.5) is 0 Å². The number of fused-ring (bicyclic) bond motifs is 1. The van der Waals surface area contributed by atoms with Gasteiger partial charge in [0.2, 0.25) is 5.91 Å². The lowest BCUT2D eigenvalue weighted by Gasteiger charge is -2.12. The van der Waals surface area contributed by atoms with Crippen LogP contribution in [0, 0.1) is 0 Å². The second-order valence-corrected chi connectivity index (χ2v) is 7.09. The molecule has 0 unspecified atom stereocenters. The minimum Gasteiger partial charge on any atom is -0.352 e. The number of nitrogens with zero attached hydrogens (tertiary/aromatic N) is 4. The highest BCUT2D eigenvalue weighted by Crippen LogP contribution is 2.18. The Bertz CT molecular complexity index is 1000. The maximum atomic E-state index is 12.7. The van der Waals surface area contributed by atoms with Crippen LogP contribution in [0.15, 0.2) is 41.6 Å². The molecule has 2 aromatic heterocycles. The molecule has 27 heavy (non-hydrogen) atoms. The molecule has 1 N–H and O–H groups in total. The van der Waals surface area contributed by atoms with E-state index in [0.717, 1.165) is 12.1 Å². The summed E-state index contributed by atoms with van der Waals surface area (Å²) >= 11 is 0. The van der Waals surface area contributed by atoms with E-state index in [2.05, 4.69) is 29.2 Å². The van der Waals surface area contributed by atoms with Crippen LogP contribution in [-0.4, -0.2) is 31.3 Å². The van der Waals surface area contributed by atoms with Gasteiger partial charge in [0, 0.05) is 6.04 Å². The molecule has 0 aliphatic rings. The smallest absolute Gasteiger partial charge is 0.264 e. The Kier molecular flexibility index (Phi) is 5.39. The lowest BCUT2D eigenvalue weighted by molar-refractivity contribution is -0.122. The molecule has 7 nitrogen and oxygen atoms in total. The van der Waals surface area contributed by atoms with Crippen molar-refractivity contribution in [1.29, 1.82) is 0 Å². The summed E-state index contributed by atoms with van der Waals surface area (Å²) in [4.78, 5) is 29.1. The molecule has 3 rings (SSSR count). The largest absolute Gasteiger partial charge is 0.352 e. The Labute approximate surface area is 158 Å². The fraction of sp³-hybridized carbons (Fsp3) is 0.400. The van der Waals surface area contributed by atoms with Crippen LogP contribution in [0.2, 0.25) is 0 Å². The van der Waals surface area contributed by atoms with Crippen molar-refractivity contribution in [3.63, 3.8) is 0 Å². The summed E-state index contributed by atoms with van der Waals surface area (Å²) in [6.45, 7) is 8.14. The van der Waals surface area contributed by atoms with Gasteiger partial charge in [-0.05, 0) is 37.0 Å². The molecule has 0 saturated heterocycles. The number of aromatic nitrogens is 4. The zero-order valence-electron chi connectivity index (χ0n) is 16.1. The molecule has 1 amide bonds. The topological polar surface area (TPSA) is 81.8 Å². The maximum Gasteiger partial charge on any atom is 0.264 e. The molecule has 3 aromatic rings. The number of hydrogen-bond donors (Lipinski definition) is 1. The van der Waals surface area contributed by atoms with Gasteiger partial charge in [-0.25, -0.2) is 9.67 Å². The van der Waals surface area contributed by atoms with E-state index in [1.165, 1.54) is 22.7 Å².